The highest BCUT2D eigenvalue weighted by Gasteiger charge is 2.17. The Morgan fingerprint density at radius 1 is 1.10 bits per heavy atom. The number of rotatable bonds is 3. The zero-order chi connectivity index (χ0) is 14.4. The van der Waals surface area contributed by atoms with Crippen LogP contribution in [0.2, 0.25) is 0 Å². The van der Waals surface area contributed by atoms with Gasteiger partial charge in [-0.2, -0.15) is 0 Å². The summed E-state index contributed by atoms with van der Waals surface area (Å²) >= 11 is 0. The van der Waals surface area contributed by atoms with Crippen LogP contribution >= 0.6 is 0 Å². The van der Waals surface area contributed by atoms with Crippen LogP contribution in [0.5, 0.6) is 0 Å². The first-order valence-corrected chi connectivity index (χ1v) is 8.11. The second-order valence-electron chi connectivity index (χ2n) is 7.05. The zero-order valence-corrected chi connectivity index (χ0v) is 13.3. The molecule has 0 radical (unpaired) electrons. The van der Waals surface area contributed by atoms with Crippen molar-refractivity contribution in [3.05, 3.63) is 23.8 Å². The molecule has 3 nitrogen and oxygen atoms in total. The molecule has 1 N–H and O–H groups in total. The van der Waals surface area contributed by atoms with Crippen LogP contribution in [-0.2, 0) is 6.54 Å². The minimum atomic E-state index is 0.130. The summed E-state index contributed by atoms with van der Waals surface area (Å²) in [7, 11) is 0. The summed E-state index contributed by atoms with van der Waals surface area (Å²) in [6.07, 6.45) is 11.3. The van der Waals surface area contributed by atoms with Crippen molar-refractivity contribution in [1.82, 2.24) is 15.3 Å². The quantitative estimate of drug-likeness (QED) is 0.898. The average Bonchev–Trinajstić information content (AvgIpc) is 2.35. The van der Waals surface area contributed by atoms with E-state index in [1.165, 1.54) is 44.9 Å². The molecule has 0 saturated heterocycles. The molecule has 3 heteroatoms. The Morgan fingerprint density at radius 2 is 1.75 bits per heavy atom. The third-order valence-corrected chi connectivity index (χ3v) is 4.00. The van der Waals surface area contributed by atoms with Gasteiger partial charge >= 0.3 is 0 Å². The van der Waals surface area contributed by atoms with E-state index in [9.17, 15) is 0 Å². The lowest BCUT2D eigenvalue weighted by atomic mass is 9.90. The topological polar surface area (TPSA) is 37.8 Å². The number of hydrogen-bond acceptors (Lipinski definition) is 3. The van der Waals surface area contributed by atoms with Gasteiger partial charge in [-0.1, -0.05) is 32.1 Å². The third-order valence-electron chi connectivity index (χ3n) is 4.00. The molecular weight excluding hydrogens is 246 g/mol. The van der Waals surface area contributed by atoms with Gasteiger partial charge in [0.15, 0.2) is 0 Å². The maximum absolute atomic E-state index is 4.80. The van der Waals surface area contributed by atoms with Gasteiger partial charge in [0.2, 0.25) is 0 Å². The van der Waals surface area contributed by atoms with Crippen LogP contribution in [0.25, 0.3) is 0 Å². The third kappa shape index (κ3) is 5.20. The SMILES string of the molecule is CC(C)(C)NCc1ccnc(C2CCCCCCC2)n1. The van der Waals surface area contributed by atoms with E-state index in [0.717, 1.165) is 18.1 Å². The van der Waals surface area contributed by atoms with Crippen molar-refractivity contribution in [2.45, 2.75) is 83.7 Å². The van der Waals surface area contributed by atoms with Crippen molar-refractivity contribution in [3.63, 3.8) is 0 Å². The monoisotopic (exact) mass is 275 g/mol. The molecule has 0 unspecified atom stereocenters. The molecule has 1 fully saturated rings. The van der Waals surface area contributed by atoms with Crippen LogP contribution in [0, 0.1) is 0 Å². The first-order chi connectivity index (χ1) is 9.54. The van der Waals surface area contributed by atoms with E-state index in [-0.39, 0.29) is 5.54 Å². The molecule has 1 saturated carbocycles. The van der Waals surface area contributed by atoms with E-state index in [1.54, 1.807) is 0 Å². The number of aromatic nitrogens is 2. The largest absolute Gasteiger partial charge is 0.306 e. The van der Waals surface area contributed by atoms with Crippen molar-refractivity contribution >= 4 is 0 Å². The van der Waals surface area contributed by atoms with Crippen LogP contribution in [0.3, 0.4) is 0 Å². The van der Waals surface area contributed by atoms with Gasteiger partial charge in [0, 0.05) is 24.2 Å². The Kier molecular flexibility index (Phi) is 5.53. The first-order valence-electron chi connectivity index (χ1n) is 8.11. The highest BCUT2D eigenvalue weighted by atomic mass is 15.0. The maximum atomic E-state index is 4.80. The van der Waals surface area contributed by atoms with Gasteiger partial charge in [0.25, 0.3) is 0 Å². The van der Waals surface area contributed by atoms with Gasteiger partial charge in [-0.25, -0.2) is 9.97 Å². The lowest BCUT2D eigenvalue weighted by molar-refractivity contribution is 0.416. The summed E-state index contributed by atoms with van der Waals surface area (Å²) in [6, 6.07) is 2.03. The highest BCUT2D eigenvalue weighted by molar-refractivity contribution is 5.06. The van der Waals surface area contributed by atoms with E-state index in [0.29, 0.717) is 5.92 Å². The van der Waals surface area contributed by atoms with Gasteiger partial charge in [-0.15, -0.1) is 0 Å². The Hall–Kier alpha value is -0.960. The molecule has 0 amide bonds. The average molecular weight is 275 g/mol. The molecular formula is C17H29N3. The first kappa shape index (κ1) is 15.4. The van der Waals surface area contributed by atoms with Crippen molar-refractivity contribution in [2.75, 3.05) is 0 Å². The summed E-state index contributed by atoms with van der Waals surface area (Å²) in [5.74, 6) is 1.64. The predicted molar refractivity (Wildman–Crippen MR) is 83.7 cm³/mol. The van der Waals surface area contributed by atoms with E-state index >= 15 is 0 Å². The van der Waals surface area contributed by atoms with Crippen LogP contribution in [0.15, 0.2) is 12.3 Å². The molecule has 0 atom stereocenters. The minimum absolute atomic E-state index is 0.130. The summed E-state index contributed by atoms with van der Waals surface area (Å²) in [6.45, 7) is 7.38. The second-order valence-corrected chi connectivity index (χ2v) is 7.05. The molecule has 0 spiro atoms. The van der Waals surface area contributed by atoms with Gasteiger partial charge in [0.1, 0.15) is 5.82 Å². The number of nitrogens with zero attached hydrogens (tertiary/aromatic N) is 2. The molecule has 0 aromatic carbocycles. The van der Waals surface area contributed by atoms with Crippen molar-refractivity contribution in [2.24, 2.45) is 0 Å². The Morgan fingerprint density at radius 3 is 2.40 bits per heavy atom. The van der Waals surface area contributed by atoms with Crippen LogP contribution in [0.4, 0.5) is 0 Å². The predicted octanol–water partition coefficient (Wildman–Crippen LogP) is 4.19. The Bertz CT molecular complexity index is 401. The fourth-order valence-electron chi connectivity index (χ4n) is 2.78. The summed E-state index contributed by atoms with van der Waals surface area (Å²) in [5, 5.41) is 3.50. The molecule has 2 rings (SSSR count). The van der Waals surface area contributed by atoms with Gasteiger partial charge in [0.05, 0.1) is 5.69 Å². The standard InChI is InChI=1S/C17H29N3/c1-17(2,3)19-13-15-11-12-18-16(20-15)14-9-7-5-4-6-8-10-14/h11-12,14,19H,4-10,13H2,1-3H3. The van der Waals surface area contributed by atoms with Crippen LogP contribution in [0.1, 0.15) is 83.2 Å². The molecule has 112 valence electrons. The number of nitrogens with one attached hydrogen (secondary N) is 1. The molecule has 1 aliphatic carbocycles. The van der Waals surface area contributed by atoms with Crippen LogP contribution in [-0.4, -0.2) is 15.5 Å². The van der Waals surface area contributed by atoms with Crippen molar-refractivity contribution in [1.29, 1.82) is 0 Å². The summed E-state index contributed by atoms with van der Waals surface area (Å²) in [5.41, 5.74) is 1.25. The molecule has 0 bridgehead atoms. The van der Waals surface area contributed by atoms with E-state index < -0.39 is 0 Å². The lowest BCUT2D eigenvalue weighted by Crippen LogP contribution is -2.35. The van der Waals surface area contributed by atoms with Gasteiger partial charge in [-0.3, -0.25) is 0 Å². The summed E-state index contributed by atoms with van der Waals surface area (Å²) in [4.78, 5) is 9.34. The minimum Gasteiger partial charge on any atom is -0.306 e. The van der Waals surface area contributed by atoms with Crippen LogP contribution < -0.4 is 5.32 Å². The molecule has 1 aromatic heterocycles. The normalized spacial score (nSPS) is 18.6. The van der Waals surface area contributed by atoms with Crippen molar-refractivity contribution < 1.29 is 0 Å². The second kappa shape index (κ2) is 7.16. The maximum Gasteiger partial charge on any atom is 0.131 e. The molecule has 1 heterocycles. The molecule has 1 aromatic rings. The van der Waals surface area contributed by atoms with E-state index in [1.807, 2.05) is 12.3 Å². The van der Waals surface area contributed by atoms with E-state index in [4.69, 9.17) is 4.98 Å². The van der Waals surface area contributed by atoms with Gasteiger partial charge < -0.3 is 5.32 Å². The number of hydrogen-bond donors (Lipinski definition) is 1. The van der Waals surface area contributed by atoms with Gasteiger partial charge in [-0.05, 0) is 39.7 Å². The molecule has 20 heavy (non-hydrogen) atoms. The molecule has 0 aliphatic heterocycles. The Balaban J connectivity index is 2.00. The summed E-state index contributed by atoms with van der Waals surface area (Å²) < 4.78 is 0. The smallest absolute Gasteiger partial charge is 0.131 e. The lowest BCUT2D eigenvalue weighted by Gasteiger charge is -2.21. The fourth-order valence-corrected chi connectivity index (χ4v) is 2.78. The highest BCUT2D eigenvalue weighted by Crippen LogP contribution is 2.28. The Labute approximate surface area is 123 Å². The molecule has 1 aliphatic rings. The van der Waals surface area contributed by atoms with Crippen molar-refractivity contribution in [3.8, 4) is 0 Å². The zero-order valence-electron chi connectivity index (χ0n) is 13.3. The fraction of sp³-hybridized carbons (Fsp3) is 0.765. The van der Waals surface area contributed by atoms with E-state index in [2.05, 4.69) is 31.1 Å².